The van der Waals surface area contributed by atoms with Crippen molar-refractivity contribution >= 4 is 46.1 Å². The lowest BCUT2D eigenvalue weighted by Crippen LogP contribution is -2.43. The molecule has 1 aliphatic heterocycles. The number of nitrogens with one attached hydrogen (secondary N) is 1. The Bertz CT molecular complexity index is 1360. The molecule has 6 nitrogen and oxygen atoms in total. The van der Waals surface area contributed by atoms with Gasteiger partial charge < -0.3 is 10.1 Å². The molecule has 0 atom stereocenters. The summed E-state index contributed by atoms with van der Waals surface area (Å²) in [6, 6.07) is 22.6. The normalized spacial score (nSPS) is 12.7. The molecule has 0 spiro atoms. The summed E-state index contributed by atoms with van der Waals surface area (Å²) >= 11 is 7.59. The number of nitrogens with zero attached hydrogens (tertiary/aromatic N) is 2. The van der Waals surface area contributed by atoms with Gasteiger partial charge in [-0.3, -0.25) is 14.5 Å². The van der Waals surface area contributed by atoms with Gasteiger partial charge in [0, 0.05) is 28.1 Å². The highest BCUT2D eigenvalue weighted by Crippen LogP contribution is 2.36. The van der Waals surface area contributed by atoms with Crippen molar-refractivity contribution < 1.29 is 14.3 Å². The van der Waals surface area contributed by atoms with Gasteiger partial charge in [-0.15, -0.1) is 11.3 Å². The first-order valence-corrected chi connectivity index (χ1v) is 11.9. The van der Waals surface area contributed by atoms with E-state index < -0.39 is 0 Å². The third-order valence-electron chi connectivity index (χ3n) is 5.36. The minimum absolute atomic E-state index is 0.116. The SMILES string of the molecule is O=C(CN1C(=O)COc2ccc(-c3csc(Cc4ccccc4)n3)cc21)Nc1cccc(Cl)c1. The van der Waals surface area contributed by atoms with Crippen LogP contribution in [0, 0.1) is 0 Å². The van der Waals surface area contributed by atoms with Crippen LogP contribution in [0.15, 0.2) is 78.2 Å². The van der Waals surface area contributed by atoms with Crippen LogP contribution in [-0.4, -0.2) is 29.9 Å². The Morgan fingerprint density at radius 1 is 1.09 bits per heavy atom. The van der Waals surface area contributed by atoms with E-state index >= 15 is 0 Å². The van der Waals surface area contributed by atoms with E-state index in [1.807, 2.05) is 41.8 Å². The van der Waals surface area contributed by atoms with Crippen molar-refractivity contribution in [1.29, 1.82) is 0 Å². The smallest absolute Gasteiger partial charge is 0.265 e. The monoisotopic (exact) mass is 489 g/mol. The van der Waals surface area contributed by atoms with Gasteiger partial charge in [0.2, 0.25) is 5.91 Å². The van der Waals surface area contributed by atoms with Crippen LogP contribution in [0.4, 0.5) is 11.4 Å². The first kappa shape index (κ1) is 22.1. The highest BCUT2D eigenvalue weighted by Gasteiger charge is 2.28. The lowest BCUT2D eigenvalue weighted by molar-refractivity contribution is -0.123. The summed E-state index contributed by atoms with van der Waals surface area (Å²) in [5, 5.41) is 6.31. The molecular formula is C26H20ClN3O3S. The summed E-state index contributed by atoms with van der Waals surface area (Å²) in [5.74, 6) is -0.0553. The standard InChI is InChI=1S/C26H20ClN3O3S/c27-19-7-4-8-20(13-19)28-24(31)14-30-22-12-18(9-10-23(22)33-15-26(30)32)21-16-34-25(29-21)11-17-5-2-1-3-6-17/h1-10,12-13,16H,11,14-15H2,(H,28,31). The third-order valence-corrected chi connectivity index (χ3v) is 6.44. The molecule has 0 saturated carbocycles. The number of thiazole rings is 1. The van der Waals surface area contributed by atoms with Crippen molar-refractivity contribution in [1.82, 2.24) is 4.98 Å². The number of ether oxygens (including phenoxy) is 1. The molecule has 5 rings (SSSR count). The molecule has 1 aromatic heterocycles. The molecule has 0 radical (unpaired) electrons. The summed E-state index contributed by atoms with van der Waals surface area (Å²) in [5.41, 5.74) is 3.99. The van der Waals surface area contributed by atoms with Crippen molar-refractivity contribution in [3.63, 3.8) is 0 Å². The Balaban J connectivity index is 1.36. The van der Waals surface area contributed by atoms with Gasteiger partial charge in [-0.2, -0.15) is 0 Å². The lowest BCUT2D eigenvalue weighted by atomic mass is 10.1. The molecule has 170 valence electrons. The van der Waals surface area contributed by atoms with Crippen molar-refractivity contribution in [2.75, 3.05) is 23.4 Å². The number of amides is 2. The predicted octanol–water partition coefficient (Wildman–Crippen LogP) is 5.42. The lowest BCUT2D eigenvalue weighted by Gasteiger charge is -2.29. The minimum Gasteiger partial charge on any atom is -0.482 e. The van der Waals surface area contributed by atoms with Gasteiger partial charge in [-0.1, -0.05) is 48.0 Å². The number of halogens is 1. The second-order valence-electron chi connectivity index (χ2n) is 7.80. The maximum absolute atomic E-state index is 12.7. The average Bonchev–Trinajstić information content (AvgIpc) is 3.30. The molecule has 4 aromatic rings. The van der Waals surface area contributed by atoms with Gasteiger partial charge in [0.1, 0.15) is 12.3 Å². The quantitative estimate of drug-likeness (QED) is 0.392. The second kappa shape index (κ2) is 9.67. The zero-order valence-corrected chi connectivity index (χ0v) is 19.6. The van der Waals surface area contributed by atoms with Crippen molar-refractivity contribution in [2.24, 2.45) is 0 Å². The number of hydrogen-bond donors (Lipinski definition) is 1. The van der Waals surface area contributed by atoms with E-state index in [9.17, 15) is 9.59 Å². The number of carbonyl (C=O) groups is 2. The van der Waals surface area contributed by atoms with Crippen LogP contribution < -0.4 is 15.0 Å². The zero-order valence-electron chi connectivity index (χ0n) is 18.0. The van der Waals surface area contributed by atoms with Crippen molar-refractivity contribution in [3.8, 4) is 17.0 Å². The fourth-order valence-electron chi connectivity index (χ4n) is 3.74. The highest BCUT2D eigenvalue weighted by atomic mass is 35.5. The predicted molar refractivity (Wildman–Crippen MR) is 135 cm³/mol. The van der Waals surface area contributed by atoms with Crippen molar-refractivity contribution in [3.05, 3.63) is 93.8 Å². The number of rotatable bonds is 6. The number of anilines is 2. The Kier molecular flexibility index (Phi) is 6.29. The van der Waals surface area contributed by atoms with E-state index in [-0.39, 0.29) is 25.0 Å². The molecule has 0 bridgehead atoms. The van der Waals surface area contributed by atoms with E-state index in [0.29, 0.717) is 22.1 Å². The van der Waals surface area contributed by atoms with Crippen LogP contribution >= 0.6 is 22.9 Å². The molecule has 1 N–H and O–H groups in total. The van der Waals surface area contributed by atoms with Crippen LogP contribution in [0.2, 0.25) is 5.02 Å². The number of aromatic nitrogens is 1. The molecule has 0 fully saturated rings. The number of benzene rings is 3. The Hall–Kier alpha value is -3.68. The summed E-state index contributed by atoms with van der Waals surface area (Å²) in [4.78, 5) is 31.5. The molecule has 1 aliphatic rings. The molecule has 8 heteroatoms. The highest BCUT2D eigenvalue weighted by molar-refractivity contribution is 7.10. The Morgan fingerprint density at radius 3 is 2.76 bits per heavy atom. The number of carbonyl (C=O) groups excluding carboxylic acids is 2. The minimum atomic E-state index is -0.326. The summed E-state index contributed by atoms with van der Waals surface area (Å²) in [6.07, 6.45) is 0.758. The summed E-state index contributed by atoms with van der Waals surface area (Å²) in [6.45, 7) is -0.254. The fraction of sp³-hybridized carbons (Fsp3) is 0.115. The van der Waals surface area contributed by atoms with E-state index in [4.69, 9.17) is 21.3 Å². The first-order chi connectivity index (χ1) is 16.5. The zero-order chi connectivity index (χ0) is 23.5. The van der Waals surface area contributed by atoms with Crippen LogP contribution in [0.3, 0.4) is 0 Å². The second-order valence-corrected chi connectivity index (χ2v) is 9.18. The van der Waals surface area contributed by atoms with Crippen molar-refractivity contribution in [2.45, 2.75) is 6.42 Å². The van der Waals surface area contributed by atoms with Crippen LogP contribution in [0.25, 0.3) is 11.3 Å². The summed E-state index contributed by atoms with van der Waals surface area (Å²) in [7, 11) is 0. The largest absolute Gasteiger partial charge is 0.482 e. The van der Waals surface area contributed by atoms with Crippen LogP contribution in [0.1, 0.15) is 10.6 Å². The fourth-order valence-corrected chi connectivity index (χ4v) is 4.77. The first-order valence-electron chi connectivity index (χ1n) is 10.7. The molecule has 34 heavy (non-hydrogen) atoms. The molecule has 2 amide bonds. The Morgan fingerprint density at radius 2 is 1.94 bits per heavy atom. The molecule has 2 heterocycles. The topological polar surface area (TPSA) is 71.5 Å². The van der Waals surface area contributed by atoms with Gasteiger partial charge in [-0.05, 0) is 42.0 Å². The van der Waals surface area contributed by atoms with E-state index in [0.717, 1.165) is 22.7 Å². The summed E-state index contributed by atoms with van der Waals surface area (Å²) < 4.78 is 5.60. The van der Waals surface area contributed by atoms with E-state index in [1.165, 1.54) is 10.5 Å². The number of hydrogen-bond acceptors (Lipinski definition) is 5. The molecular weight excluding hydrogens is 470 g/mol. The van der Waals surface area contributed by atoms with Gasteiger partial charge in [0.15, 0.2) is 6.61 Å². The average molecular weight is 490 g/mol. The van der Waals surface area contributed by atoms with Crippen LogP contribution in [-0.2, 0) is 16.0 Å². The van der Waals surface area contributed by atoms with Gasteiger partial charge in [0.25, 0.3) is 5.91 Å². The van der Waals surface area contributed by atoms with Gasteiger partial charge >= 0.3 is 0 Å². The maximum Gasteiger partial charge on any atom is 0.265 e. The maximum atomic E-state index is 12.7. The van der Waals surface area contributed by atoms with E-state index in [2.05, 4.69) is 17.4 Å². The van der Waals surface area contributed by atoms with Gasteiger partial charge in [0.05, 0.1) is 16.4 Å². The number of fused-ring (bicyclic) bond motifs is 1. The molecule has 0 unspecified atom stereocenters. The molecule has 3 aromatic carbocycles. The molecule has 0 aliphatic carbocycles. The van der Waals surface area contributed by atoms with Crippen LogP contribution in [0.5, 0.6) is 5.75 Å². The molecule has 0 saturated heterocycles. The Labute approximate surface area is 205 Å². The van der Waals surface area contributed by atoms with Gasteiger partial charge in [-0.25, -0.2) is 4.98 Å². The third kappa shape index (κ3) is 4.95. The van der Waals surface area contributed by atoms with E-state index in [1.54, 1.807) is 35.6 Å².